The van der Waals surface area contributed by atoms with Crippen LogP contribution < -0.4 is 11.2 Å². The molecule has 3 rings (SSSR count). The number of H-pyrrole nitrogens is 1. The minimum atomic E-state index is -4.91. The molecule has 28 heavy (non-hydrogen) atoms. The molecule has 8 nitrogen and oxygen atoms in total. The van der Waals surface area contributed by atoms with E-state index in [9.17, 15) is 22.8 Å². The Bertz CT molecular complexity index is 837. The Hall–Kier alpha value is -2.13. The van der Waals surface area contributed by atoms with Crippen molar-refractivity contribution in [2.45, 2.75) is 50.2 Å². The summed E-state index contributed by atoms with van der Waals surface area (Å²) in [5, 5.41) is 0. The normalized spacial score (nSPS) is 27.8. The molecule has 1 aromatic heterocycles. The van der Waals surface area contributed by atoms with Crippen molar-refractivity contribution in [1.29, 1.82) is 0 Å². The van der Waals surface area contributed by atoms with Gasteiger partial charge in [0, 0.05) is 25.6 Å². The van der Waals surface area contributed by atoms with E-state index in [1.807, 2.05) is 0 Å². The second kappa shape index (κ2) is 8.48. The molecule has 4 atom stereocenters. The molecule has 0 radical (unpaired) electrons. The number of nitrogens with one attached hydrogen (secondary N) is 1. The van der Waals surface area contributed by atoms with Gasteiger partial charge in [-0.2, -0.15) is 13.2 Å². The third-order valence-electron chi connectivity index (χ3n) is 4.48. The van der Waals surface area contributed by atoms with Gasteiger partial charge >= 0.3 is 11.9 Å². The molecule has 154 valence electrons. The van der Waals surface area contributed by atoms with Gasteiger partial charge in [-0.1, -0.05) is 5.92 Å². The quantitative estimate of drug-likeness (QED) is 0.712. The van der Waals surface area contributed by atoms with Crippen LogP contribution >= 0.6 is 0 Å². The highest BCUT2D eigenvalue weighted by Gasteiger charge is 2.40. The molecule has 2 aliphatic heterocycles. The molecule has 0 aromatic carbocycles. The van der Waals surface area contributed by atoms with E-state index in [4.69, 9.17) is 25.4 Å². The SMILES string of the molecule is C#CCO[C@H]1C[C@H](n2cc(C(F)(F)F)c(=O)[nH]c2=O)O[C@@H]1COC1CCCO1. The van der Waals surface area contributed by atoms with E-state index in [1.54, 1.807) is 4.98 Å². The fourth-order valence-electron chi connectivity index (χ4n) is 3.13. The molecule has 1 N–H and O–H groups in total. The van der Waals surface area contributed by atoms with Gasteiger partial charge in [-0.05, 0) is 6.42 Å². The molecule has 2 fully saturated rings. The second-order valence-electron chi connectivity index (χ2n) is 6.40. The van der Waals surface area contributed by atoms with Gasteiger partial charge in [0.2, 0.25) is 0 Å². The molecule has 1 aromatic rings. The maximum atomic E-state index is 13.0. The van der Waals surface area contributed by atoms with Crippen molar-refractivity contribution in [1.82, 2.24) is 9.55 Å². The molecule has 2 saturated heterocycles. The molecule has 11 heteroatoms. The van der Waals surface area contributed by atoms with Crippen LogP contribution in [0, 0.1) is 12.3 Å². The van der Waals surface area contributed by atoms with Crippen LogP contribution in [0.2, 0.25) is 0 Å². The van der Waals surface area contributed by atoms with Crippen molar-refractivity contribution < 1.29 is 32.1 Å². The number of nitrogens with zero attached hydrogens (tertiary/aromatic N) is 1. The highest BCUT2D eigenvalue weighted by atomic mass is 19.4. The summed E-state index contributed by atoms with van der Waals surface area (Å²) in [7, 11) is 0. The van der Waals surface area contributed by atoms with E-state index in [2.05, 4.69) is 5.92 Å². The number of rotatable bonds is 6. The summed E-state index contributed by atoms with van der Waals surface area (Å²) < 4.78 is 61.9. The first-order valence-electron chi connectivity index (χ1n) is 8.66. The monoisotopic (exact) mass is 404 g/mol. The van der Waals surface area contributed by atoms with Crippen molar-refractivity contribution in [3.63, 3.8) is 0 Å². The summed E-state index contributed by atoms with van der Waals surface area (Å²) in [6.45, 7) is 0.606. The van der Waals surface area contributed by atoms with E-state index in [-0.39, 0.29) is 25.9 Å². The van der Waals surface area contributed by atoms with Crippen LogP contribution in [0.3, 0.4) is 0 Å². The van der Waals surface area contributed by atoms with E-state index in [1.165, 1.54) is 0 Å². The number of aromatic amines is 1. The average molecular weight is 404 g/mol. The molecular weight excluding hydrogens is 385 g/mol. The van der Waals surface area contributed by atoms with Crippen LogP contribution in [0.25, 0.3) is 0 Å². The van der Waals surface area contributed by atoms with Gasteiger partial charge in [0.25, 0.3) is 5.56 Å². The van der Waals surface area contributed by atoms with Gasteiger partial charge in [0.1, 0.15) is 24.5 Å². The average Bonchev–Trinajstić information content (AvgIpc) is 3.26. The Labute approximate surface area is 157 Å². The predicted octanol–water partition coefficient (Wildman–Crippen LogP) is 1.01. The molecule has 1 unspecified atom stereocenters. The van der Waals surface area contributed by atoms with Gasteiger partial charge < -0.3 is 18.9 Å². The third-order valence-corrected chi connectivity index (χ3v) is 4.48. The minimum Gasteiger partial charge on any atom is -0.363 e. The fraction of sp³-hybridized carbons (Fsp3) is 0.647. The summed E-state index contributed by atoms with van der Waals surface area (Å²) in [5.41, 5.74) is -4.01. The van der Waals surface area contributed by atoms with Crippen molar-refractivity contribution in [2.24, 2.45) is 0 Å². The smallest absolute Gasteiger partial charge is 0.363 e. The van der Waals surface area contributed by atoms with Crippen molar-refractivity contribution in [3.05, 3.63) is 32.6 Å². The number of hydrogen-bond donors (Lipinski definition) is 1. The van der Waals surface area contributed by atoms with Crippen LogP contribution in [0.4, 0.5) is 13.2 Å². The summed E-state index contributed by atoms with van der Waals surface area (Å²) in [6.07, 6.45) is -0.357. The van der Waals surface area contributed by atoms with E-state index in [0.717, 1.165) is 12.8 Å². The van der Waals surface area contributed by atoms with Gasteiger partial charge in [0.05, 0.1) is 12.7 Å². The van der Waals surface area contributed by atoms with Crippen LogP contribution in [-0.4, -0.2) is 47.9 Å². The zero-order chi connectivity index (χ0) is 20.3. The zero-order valence-corrected chi connectivity index (χ0v) is 14.7. The maximum Gasteiger partial charge on any atom is 0.423 e. The van der Waals surface area contributed by atoms with E-state index >= 15 is 0 Å². The van der Waals surface area contributed by atoms with Crippen molar-refractivity contribution in [3.8, 4) is 12.3 Å². The number of halogens is 3. The summed E-state index contributed by atoms with van der Waals surface area (Å²) in [4.78, 5) is 25.2. The first kappa shape index (κ1) is 20.6. The number of hydrogen-bond acceptors (Lipinski definition) is 6. The third kappa shape index (κ3) is 4.64. The highest BCUT2D eigenvalue weighted by Crippen LogP contribution is 2.32. The first-order valence-corrected chi connectivity index (χ1v) is 8.66. The van der Waals surface area contributed by atoms with Gasteiger partial charge in [-0.3, -0.25) is 14.3 Å². The standard InChI is InChI=1S/C17H19F3N2O6/c1-2-5-25-11-7-13(28-12(11)9-27-14-4-3-6-26-14)22-8-10(17(18,19)20)15(23)21-16(22)24/h1,8,11-14H,3-7,9H2,(H,21,23,24)/t11-,12+,13+,14?/m0/s1. The number of alkyl halides is 3. The Kier molecular flexibility index (Phi) is 6.24. The molecule has 2 aliphatic rings. The molecule has 3 heterocycles. The molecule has 0 bridgehead atoms. The largest absolute Gasteiger partial charge is 0.423 e. The van der Waals surface area contributed by atoms with Crippen LogP contribution in [0.15, 0.2) is 15.8 Å². The van der Waals surface area contributed by atoms with Crippen molar-refractivity contribution >= 4 is 0 Å². The topological polar surface area (TPSA) is 91.8 Å². The van der Waals surface area contributed by atoms with Gasteiger partial charge in [-0.15, -0.1) is 6.42 Å². The molecule has 0 saturated carbocycles. The Morgan fingerprint density at radius 2 is 2.14 bits per heavy atom. The lowest BCUT2D eigenvalue weighted by Crippen LogP contribution is -2.36. The summed E-state index contributed by atoms with van der Waals surface area (Å²) in [6, 6.07) is 0. The van der Waals surface area contributed by atoms with Gasteiger partial charge in [0.15, 0.2) is 6.29 Å². The molecule has 0 amide bonds. The second-order valence-corrected chi connectivity index (χ2v) is 6.40. The zero-order valence-electron chi connectivity index (χ0n) is 14.7. The molecular formula is C17H19F3N2O6. The lowest BCUT2D eigenvalue weighted by molar-refractivity contribution is -0.152. The number of ether oxygens (including phenoxy) is 4. The lowest BCUT2D eigenvalue weighted by Gasteiger charge is -2.20. The predicted molar refractivity (Wildman–Crippen MR) is 88.4 cm³/mol. The van der Waals surface area contributed by atoms with Crippen LogP contribution in [0.5, 0.6) is 0 Å². The van der Waals surface area contributed by atoms with Gasteiger partial charge in [-0.25, -0.2) is 4.79 Å². The number of aromatic nitrogens is 2. The van der Waals surface area contributed by atoms with Crippen LogP contribution in [-0.2, 0) is 25.1 Å². The van der Waals surface area contributed by atoms with Crippen LogP contribution in [0.1, 0.15) is 31.1 Å². The molecule has 0 aliphatic carbocycles. The Balaban J connectivity index is 1.79. The lowest BCUT2D eigenvalue weighted by atomic mass is 10.2. The van der Waals surface area contributed by atoms with Crippen molar-refractivity contribution in [2.75, 3.05) is 19.8 Å². The van der Waals surface area contributed by atoms with E-state index in [0.29, 0.717) is 17.4 Å². The minimum absolute atomic E-state index is 0.0362. The Morgan fingerprint density at radius 1 is 1.36 bits per heavy atom. The highest BCUT2D eigenvalue weighted by molar-refractivity contribution is 5.09. The summed E-state index contributed by atoms with van der Waals surface area (Å²) >= 11 is 0. The maximum absolute atomic E-state index is 13.0. The Morgan fingerprint density at radius 3 is 2.79 bits per heavy atom. The van der Waals surface area contributed by atoms with E-state index < -0.39 is 41.4 Å². The fourth-order valence-corrected chi connectivity index (χ4v) is 3.13. The number of terminal acetylenes is 1. The molecule has 0 spiro atoms. The summed E-state index contributed by atoms with van der Waals surface area (Å²) in [5.74, 6) is 2.31. The first-order chi connectivity index (χ1) is 13.3.